The van der Waals surface area contributed by atoms with Crippen molar-refractivity contribution in [2.75, 3.05) is 36.0 Å². The lowest BCUT2D eigenvalue weighted by Crippen LogP contribution is -2.46. The summed E-state index contributed by atoms with van der Waals surface area (Å²) >= 11 is 5.96. The zero-order chi connectivity index (χ0) is 16.4. The molecule has 0 aliphatic carbocycles. The summed E-state index contributed by atoms with van der Waals surface area (Å²) in [6.07, 6.45) is 6.97. The Bertz CT molecular complexity index is 794. The lowest BCUT2D eigenvalue weighted by molar-refractivity contribution is 0.646. The second-order valence-electron chi connectivity index (χ2n) is 5.65. The Morgan fingerprint density at radius 2 is 1.58 bits per heavy atom. The van der Waals surface area contributed by atoms with Crippen LogP contribution in [0.2, 0.25) is 5.02 Å². The molecular weight excluding hydrogens is 324 g/mol. The maximum Gasteiger partial charge on any atom is 0.143 e. The van der Waals surface area contributed by atoms with Crippen LogP contribution in [-0.2, 0) is 0 Å². The number of piperazine rings is 1. The van der Waals surface area contributed by atoms with Crippen molar-refractivity contribution in [1.29, 1.82) is 0 Å². The van der Waals surface area contributed by atoms with Crippen LogP contribution < -0.4 is 9.80 Å². The van der Waals surface area contributed by atoms with Gasteiger partial charge in [-0.1, -0.05) is 11.6 Å². The van der Waals surface area contributed by atoms with Crippen molar-refractivity contribution in [2.24, 2.45) is 0 Å². The van der Waals surface area contributed by atoms with Crippen LogP contribution in [0.15, 0.2) is 55.4 Å². The number of rotatable bonds is 3. The minimum absolute atomic E-state index is 0.769. The number of aromatic nitrogens is 4. The molecule has 0 bridgehead atoms. The standard InChI is InChI=1S/C17H17ClN6/c18-14-1-3-15(4-2-14)22-7-9-23(10-8-22)16-11-17(21-12-20-16)24-6-5-19-13-24/h1-6,11-13H,7-10H2. The topological polar surface area (TPSA) is 50.1 Å². The molecule has 24 heavy (non-hydrogen) atoms. The molecule has 6 nitrogen and oxygen atoms in total. The third kappa shape index (κ3) is 3.05. The van der Waals surface area contributed by atoms with Gasteiger partial charge in [0.2, 0.25) is 0 Å². The first-order valence-electron chi connectivity index (χ1n) is 7.85. The van der Waals surface area contributed by atoms with Gasteiger partial charge in [-0.3, -0.25) is 4.57 Å². The van der Waals surface area contributed by atoms with E-state index in [1.54, 1.807) is 18.9 Å². The minimum atomic E-state index is 0.769. The zero-order valence-electron chi connectivity index (χ0n) is 13.1. The lowest BCUT2D eigenvalue weighted by Gasteiger charge is -2.36. The molecule has 3 aromatic rings. The van der Waals surface area contributed by atoms with E-state index in [9.17, 15) is 0 Å². The summed E-state index contributed by atoms with van der Waals surface area (Å²) < 4.78 is 1.88. The van der Waals surface area contributed by atoms with Gasteiger partial charge in [-0.15, -0.1) is 0 Å². The van der Waals surface area contributed by atoms with Gasteiger partial charge >= 0.3 is 0 Å². The summed E-state index contributed by atoms with van der Waals surface area (Å²) in [7, 11) is 0. The number of hydrogen-bond donors (Lipinski definition) is 0. The Morgan fingerprint density at radius 1 is 0.875 bits per heavy atom. The second kappa shape index (κ2) is 6.49. The highest BCUT2D eigenvalue weighted by molar-refractivity contribution is 6.30. The fraction of sp³-hybridized carbons (Fsp3) is 0.235. The number of nitrogens with zero attached hydrogens (tertiary/aromatic N) is 6. The Morgan fingerprint density at radius 3 is 2.29 bits per heavy atom. The van der Waals surface area contributed by atoms with E-state index in [0.717, 1.165) is 42.8 Å². The zero-order valence-corrected chi connectivity index (χ0v) is 13.8. The number of imidazole rings is 1. The second-order valence-corrected chi connectivity index (χ2v) is 6.09. The molecule has 0 N–H and O–H groups in total. The van der Waals surface area contributed by atoms with Crippen LogP contribution in [0.1, 0.15) is 0 Å². The first-order chi connectivity index (χ1) is 11.8. The van der Waals surface area contributed by atoms with Crippen LogP contribution >= 0.6 is 11.6 Å². The van der Waals surface area contributed by atoms with Crippen LogP contribution in [0.25, 0.3) is 5.82 Å². The van der Waals surface area contributed by atoms with E-state index < -0.39 is 0 Å². The average Bonchev–Trinajstić information content (AvgIpc) is 3.17. The molecule has 4 rings (SSSR count). The van der Waals surface area contributed by atoms with Crippen molar-refractivity contribution in [3.63, 3.8) is 0 Å². The van der Waals surface area contributed by atoms with E-state index in [4.69, 9.17) is 11.6 Å². The molecular formula is C17H17ClN6. The van der Waals surface area contributed by atoms with Gasteiger partial charge in [0.25, 0.3) is 0 Å². The molecule has 0 radical (unpaired) electrons. The quantitative estimate of drug-likeness (QED) is 0.733. The monoisotopic (exact) mass is 340 g/mol. The van der Waals surface area contributed by atoms with Gasteiger partial charge in [-0.25, -0.2) is 15.0 Å². The molecule has 7 heteroatoms. The predicted octanol–water partition coefficient (Wildman–Crippen LogP) is 2.64. The normalized spacial score (nSPS) is 14.9. The van der Waals surface area contributed by atoms with Crippen molar-refractivity contribution < 1.29 is 0 Å². The van der Waals surface area contributed by atoms with Gasteiger partial charge in [0.1, 0.15) is 24.3 Å². The molecule has 1 aliphatic rings. The van der Waals surface area contributed by atoms with Crippen molar-refractivity contribution in [1.82, 2.24) is 19.5 Å². The number of hydrogen-bond acceptors (Lipinski definition) is 5. The molecule has 1 saturated heterocycles. The molecule has 2 aromatic heterocycles. The van der Waals surface area contributed by atoms with Gasteiger partial charge in [0.05, 0.1) is 0 Å². The molecule has 3 heterocycles. The Hall–Kier alpha value is -2.60. The van der Waals surface area contributed by atoms with Gasteiger partial charge in [0.15, 0.2) is 0 Å². The van der Waals surface area contributed by atoms with Crippen LogP contribution in [0.3, 0.4) is 0 Å². The SMILES string of the molecule is Clc1ccc(N2CCN(c3cc(-n4ccnc4)ncn3)CC2)cc1. The van der Waals surface area contributed by atoms with Gasteiger partial charge in [-0.05, 0) is 24.3 Å². The van der Waals surface area contributed by atoms with E-state index in [1.807, 2.05) is 29.0 Å². The number of anilines is 2. The molecule has 0 atom stereocenters. The van der Waals surface area contributed by atoms with Gasteiger partial charge in [-0.2, -0.15) is 0 Å². The summed E-state index contributed by atoms with van der Waals surface area (Å²) in [6.45, 7) is 3.74. The fourth-order valence-electron chi connectivity index (χ4n) is 2.89. The summed E-state index contributed by atoms with van der Waals surface area (Å²) in [5, 5.41) is 0.769. The number of benzene rings is 1. The van der Waals surface area contributed by atoms with Crippen LogP contribution in [0.4, 0.5) is 11.5 Å². The molecule has 0 amide bonds. The Labute approximate surface area is 145 Å². The van der Waals surface area contributed by atoms with E-state index in [-0.39, 0.29) is 0 Å². The van der Waals surface area contributed by atoms with Crippen LogP contribution in [-0.4, -0.2) is 45.7 Å². The molecule has 1 fully saturated rings. The summed E-state index contributed by atoms with van der Waals surface area (Å²) in [5.74, 6) is 1.78. The molecule has 0 unspecified atom stereocenters. The van der Waals surface area contributed by atoms with Crippen molar-refractivity contribution in [3.05, 3.63) is 60.4 Å². The largest absolute Gasteiger partial charge is 0.368 e. The van der Waals surface area contributed by atoms with Crippen molar-refractivity contribution in [3.8, 4) is 5.82 Å². The third-order valence-electron chi connectivity index (χ3n) is 4.20. The van der Waals surface area contributed by atoms with E-state index in [2.05, 4.69) is 36.9 Å². The van der Waals surface area contributed by atoms with Gasteiger partial charge < -0.3 is 9.80 Å². The maximum atomic E-state index is 5.96. The summed E-state index contributed by atoms with van der Waals surface area (Å²) in [6, 6.07) is 10.0. The lowest BCUT2D eigenvalue weighted by atomic mass is 10.2. The maximum absolute atomic E-state index is 5.96. The Kier molecular flexibility index (Phi) is 4.04. The van der Waals surface area contributed by atoms with E-state index in [0.29, 0.717) is 0 Å². The highest BCUT2D eigenvalue weighted by Gasteiger charge is 2.19. The van der Waals surface area contributed by atoms with Crippen molar-refractivity contribution in [2.45, 2.75) is 0 Å². The summed E-state index contributed by atoms with van der Waals surface area (Å²) in [5.41, 5.74) is 1.21. The highest BCUT2D eigenvalue weighted by atomic mass is 35.5. The predicted molar refractivity (Wildman–Crippen MR) is 95.0 cm³/mol. The van der Waals surface area contributed by atoms with Crippen LogP contribution in [0, 0.1) is 0 Å². The average molecular weight is 341 g/mol. The van der Waals surface area contributed by atoms with Gasteiger partial charge in [0, 0.05) is 55.3 Å². The first kappa shape index (κ1) is 15.0. The summed E-state index contributed by atoms with van der Waals surface area (Å²) in [4.78, 5) is 17.5. The molecule has 1 aliphatic heterocycles. The number of halogens is 1. The van der Waals surface area contributed by atoms with E-state index in [1.165, 1.54) is 5.69 Å². The smallest absolute Gasteiger partial charge is 0.143 e. The first-order valence-corrected chi connectivity index (χ1v) is 8.23. The third-order valence-corrected chi connectivity index (χ3v) is 4.45. The molecule has 0 saturated carbocycles. The molecule has 0 spiro atoms. The van der Waals surface area contributed by atoms with Crippen molar-refractivity contribution >= 4 is 23.1 Å². The molecule has 122 valence electrons. The minimum Gasteiger partial charge on any atom is -0.368 e. The Balaban J connectivity index is 1.46. The molecule has 1 aromatic carbocycles. The van der Waals surface area contributed by atoms with Crippen LogP contribution in [0.5, 0.6) is 0 Å². The fourth-order valence-corrected chi connectivity index (χ4v) is 3.02. The van der Waals surface area contributed by atoms with E-state index >= 15 is 0 Å². The highest BCUT2D eigenvalue weighted by Crippen LogP contribution is 2.21.